The molecule has 1 unspecified atom stereocenters. The molecule has 5 nitrogen and oxygen atoms in total. The molecule has 1 amide bonds. The van der Waals surface area contributed by atoms with Crippen LogP contribution in [0.25, 0.3) is 0 Å². The average molecular weight is 252 g/mol. The predicted molar refractivity (Wildman–Crippen MR) is 55.6 cm³/mol. The van der Waals surface area contributed by atoms with Crippen LogP contribution < -0.4 is 39.6 Å². The van der Waals surface area contributed by atoms with E-state index < -0.39 is 11.1 Å². The van der Waals surface area contributed by atoms with E-state index in [1.807, 2.05) is 0 Å². The molecule has 0 aliphatic heterocycles. The van der Waals surface area contributed by atoms with E-state index >= 15 is 0 Å². The minimum Gasteiger partial charge on any atom is -1.00 e. The molecule has 1 aromatic carbocycles. The van der Waals surface area contributed by atoms with Gasteiger partial charge in [0.2, 0.25) is 5.91 Å². The molecule has 0 radical (unpaired) electrons. The van der Waals surface area contributed by atoms with E-state index in [2.05, 4.69) is 5.32 Å². The van der Waals surface area contributed by atoms with Crippen molar-refractivity contribution in [3.05, 3.63) is 18.2 Å². The van der Waals surface area contributed by atoms with Gasteiger partial charge in [0, 0.05) is 11.8 Å². The number of ether oxygens (including phenoxy) is 1. The van der Waals surface area contributed by atoms with Gasteiger partial charge in [-0.05, 0) is 29.3 Å². The molecule has 0 aliphatic carbocycles. The maximum Gasteiger partial charge on any atom is 1.00 e. The van der Waals surface area contributed by atoms with E-state index in [0.717, 1.165) is 0 Å². The van der Waals surface area contributed by atoms with Gasteiger partial charge in [0.05, 0.1) is 12.8 Å². The monoisotopic (exact) mass is 252 g/mol. The molecule has 0 saturated heterocycles. The SMILES string of the molecule is COc1ccc(S(=O)[O-])cc1NC(C)=O.[H-].[Na+]. The molecule has 1 N–H and O–H groups in total. The number of nitrogens with one attached hydrogen (secondary N) is 1. The zero-order valence-corrected chi connectivity index (χ0v) is 12.1. The van der Waals surface area contributed by atoms with Crippen LogP contribution in [0.1, 0.15) is 8.35 Å². The molecule has 0 aliphatic rings. The van der Waals surface area contributed by atoms with Crippen molar-refractivity contribution in [2.24, 2.45) is 0 Å². The summed E-state index contributed by atoms with van der Waals surface area (Å²) in [7, 11) is 1.44. The van der Waals surface area contributed by atoms with Crippen molar-refractivity contribution < 1.29 is 49.3 Å². The number of anilines is 1. The minimum atomic E-state index is -2.32. The van der Waals surface area contributed by atoms with Gasteiger partial charge in [0.15, 0.2) is 0 Å². The average Bonchev–Trinajstić information content (AvgIpc) is 2.16. The number of hydrogen-bond donors (Lipinski definition) is 1. The first-order chi connectivity index (χ1) is 7.04. The molecule has 1 rings (SSSR count). The Labute approximate surface area is 120 Å². The molecule has 7 heteroatoms. The van der Waals surface area contributed by atoms with Crippen LogP contribution >= 0.6 is 0 Å². The minimum absolute atomic E-state index is 0. The van der Waals surface area contributed by atoms with E-state index in [0.29, 0.717) is 11.4 Å². The molecule has 84 valence electrons. The smallest absolute Gasteiger partial charge is 1.00 e. The zero-order valence-electron chi connectivity index (χ0n) is 10.3. The van der Waals surface area contributed by atoms with E-state index in [9.17, 15) is 13.6 Å². The summed E-state index contributed by atoms with van der Waals surface area (Å²) in [5, 5.41) is 2.48. The topological polar surface area (TPSA) is 78.5 Å². The largest absolute Gasteiger partial charge is 1.00 e. The van der Waals surface area contributed by atoms with Gasteiger partial charge in [-0.2, -0.15) is 0 Å². The first kappa shape index (κ1) is 15.6. The van der Waals surface area contributed by atoms with Crippen molar-refractivity contribution in [1.82, 2.24) is 0 Å². The number of amides is 1. The third kappa shape index (κ3) is 4.23. The van der Waals surface area contributed by atoms with Crippen molar-refractivity contribution >= 4 is 22.7 Å². The number of rotatable bonds is 3. The Kier molecular flexibility index (Phi) is 6.85. The van der Waals surface area contributed by atoms with Crippen LogP contribution in [0.2, 0.25) is 0 Å². The summed E-state index contributed by atoms with van der Waals surface area (Å²) in [6, 6.07) is 4.22. The molecule has 0 saturated carbocycles. The molecule has 1 atom stereocenters. The van der Waals surface area contributed by atoms with Gasteiger partial charge in [-0.15, -0.1) is 0 Å². The summed E-state index contributed by atoms with van der Waals surface area (Å²) in [6.45, 7) is 1.33. The van der Waals surface area contributed by atoms with Gasteiger partial charge in [-0.3, -0.25) is 9.00 Å². The fourth-order valence-electron chi connectivity index (χ4n) is 1.08. The van der Waals surface area contributed by atoms with Gasteiger partial charge in [-0.25, -0.2) is 0 Å². The third-order valence-corrected chi connectivity index (χ3v) is 2.31. The Morgan fingerprint density at radius 2 is 2.19 bits per heavy atom. The molecule has 0 heterocycles. The number of carbonyl (C=O) groups is 1. The van der Waals surface area contributed by atoms with E-state index in [-0.39, 0.29) is 41.8 Å². The number of carbonyl (C=O) groups excluding carboxylic acids is 1. The van der Waals surface area contributed by atoms with Crippen LogP contribution in [0.15, 0.2) is 23.1 Å². The van der Waals surface area contributed by atoms with Gasteiger partial charge in [-0.1, -0.05) is 0 Å². The third-order valence-electron chi connectivity index (χ3n) is 1.67. The second kappa shape index (κ2) is 7.03. The van der Waals surface area contributed by atoms with E-state index in [1.165, 1.54) is 32.2 Å². The molecule has 16 heavy (non-hydrogen) atoms. The second-order valence-electron chi connectivity index (χ2n) is 2.78. The molecule has 0 fully saturated rings. The molecular weight excluding hydrogens is 241 g/mol. The Morgan fingerprint density at radius 3 is 2.62 bits per heavy atom. The standard InChI is InChI=1S/C9H11NO4S.Na.H/c1-6(11)10-8-5-7(15(12)13)3-4-9(8)14-2;;/h3-5H,1-2H3,(H,10,11)(H,12,13);;/q;+1;-1/p-1. The van der Waals surface area contributed by atoms with Crippen molar-refractivity contribution in [3.8, 4) is 5.75 Å². The summed E-state index contributed by atoms with van der Waals surface area (Å²) >= 11 is -2.32. The normalized spacial score (nSPS) is 11.2. The summed E-state index contributed by atoms with van der Waals surface area (Å²) in [5.74, 6) is 0.126. The number of benzene rings is 1. The molecule has 1 aromatic rings. The van der Waals surface area contributed by atoms with Crippen molar-refractivity contribution in [2.45, 2.75) is 11.8 Å². The number of methoxy groups -OCH3 is 1. The summed E-state index contributed by atoms with van der Waals surface area (Å²) < 4.78 is 26.3. The van der Waals surface area contributed by atoms with Gasteiger partial charge < -0.3 is 16.0 Å². The summed E-state index contributed by atoms with van der Waals surface area (Å²) in [4.78, 5) is 10.9. The van der Waals surface area contributed by atoms with Gasteiger partial charge >= 0.3 is 29.6 Å². The first-order valence-electron chi connectivity index (χ1n) is 4.09. The zero-order chi connectivity index (χ0) is 11.4. The van der Waals surface area contributed by atoms with E-state index in [4.69, 9.17) is 4.74 Å². The van der Waals surface area contributed by atoms with Crippen molar-refractivity contribution in [1.29, 1.82) is 0 Å². The van der Waals surface area contributed by atoms with E-state index in [1.54, 1.807) is 0 Å². The molecule has 0 aromatic heterocycles. The maximum atomic E-state index is 10.8. The molecule has 0 bridgehead atoms. The van der Waals surface area contributed by atoms with Crippen LogP contribution in [0.4, 0.5) is 5.69 Å². The van der Waals surface area contributed by atoms with Crippen molar-refractivity contribution in [2.75, 3.05) is 12.4 Å². The van der Waals surface area contributed by atoms with Crippen LogP contribution in [-0.2, 0) is 15.9 Å². The summed E-state index contributed by atoms with van der Waals surface area (Å²) in [6.07, 6.45) is 0. The van der Waals surface area contributed by atoms with Crippen LogP contribution in [0, 0.1) is 0 Å². The van der Waals surface area contributed by atoms with Crippen LogP contribution in [-0.4, -0.2) is 21.8 Å². The molecular formula is C9H11NNaO4S-. The quantitative estimate of drug-likeness (QED) is 0.499. The Balaban J connectivity index is 0. The van der Waals surface area contributed by atoms with Crippen LogP contribution in [0.5, 0.6) is 5.75 Å². The van der Waals surface area contributed by atoms with Crippen LogP contribution in [0.3, 0.4) is 0 Å². The predicted octanol–water partition coefficient (Wildman–Crippen LogP) is -1.99. The Hall–Kier alpha value is -0.400. The second-order valence-corrected chi connectivity index (χ2v) is 3.72. The molecule has 0 spiro atoms. The van der Waals surface area contributed by atoms with Gasteiger partial charge in [0.1, 0.15) is 5.75 Å². The van der Waals surface area contributed by atoms with Gasteiger partial charge in [0.25, 0.3) is 0 Å². The number of hydrogen-bond acceptors (Lipinski definition) is 4. The fourth-order valence-corrected chi connectivity index (χ4v) is 1.47. The van der Waals surface area contributed by atoms with Crippen molar-refractivity contribution in [3.63, 3.8) is 0 Å². The summed E-state index contributed by atoms with van der Waals surface area (Å²) in [5.41, 5.74) is 0.340. The Morgan fingerprint density at radius 1 is 1.56 bits per heavy atom. The maximum absolute atomic E-state index is 10.8. The first-order valence-corrected chi connectivity index (χ1v) is 5.17. The Bertz CT molecular complexity index is 416. The fraction of sp³-hybridized carbons (Fsp3) is 0.222.